The van der Waals surface area contributed by atoms with Gasteiger partial charge in [0.1, 0.15) is 11.8 Å². The van der Waals surface area contributed by atoms with Crippen molar-refractivity contribution >= 4 is 17.5 Å². The van der Waals surface area contributed by atoms with Crippen LogP contribution in [-0.2, 0) is 9.59 Å². The summed E-state index contributed by atoms with van der Waals surface area (Å²) in [6, 6.07) is 6.73. The van der Waals surface area contributed by atoms with Gasteiger partial charge in [-0.2, -0.15) is 0 Å². The van der Waals surface area contributed by atoms with Crippen molar-refractivity contribution in [1.82, 2.24) is 4.90 Å². The van der Waals surface area contributed by atoms with Gasteiger partial charge in [-0.15, -0.1) is 0 Å². The molecule has 1 atom stereocenters. The van der Waals surface area contributed by atoms with Gasteiger partial charge in [0.15, 0.2) is 0 Å². The Morgan fingerprint density at radius 2 is 2.11 bits per heavy atom. The summed E-state index contributed by atoms with van der Waals surface area (Å²) in [7, 11) is 1.59. The van der Waals surface area contributed by atoms with Gasteiger partial charge in [-0.05, 0) is 26.0 Å². The number of rotatable bonds is 4. The quantitative estimate of drug-likeness (QED) is 0.838. The van der Waals surface area contributed by atoms with E-state index in [2.05, 4.69) is 5.32 Å². The molecule has 1 aromatic carbocycles. The van der Waals surface area contributed by atoms with Crippen LogP contribution in [0.2, 0.25) is 0 Å². The van der Waals surface area contributed by atoms with Gasteiger partial charge in [0.2, 0.25) is 5.91 Å². The third-order valence-electron chi connectivity index (χ3n) is 3.11. The molecule has 19 heavy (non-hydrogen) atoms. The molecule has 0 aromatic heterocycles. The van der Waals surface area contributed by atoms with Crippen LogP contribution >= 0.6 is 0 Å². The predicted molar refractivity (Wildman–Crippen MR) is 72.0 cm³/mol. The predicted octanol–water partition coefficient (Wildman–Crippen LogP) is 1.64. The second-order valence-corrected chi connectivity index (χ2v) is 4.83. The van der Waals surface area contributed by atoms with Crippen molar-refractivity contribution in [3.63, 3.8) is 0 Å². The molecule has 1 unspecified atom stereocenters. The number of carbonyl (C=O) groups excluding carboxylic acids is 2. The summed E-state index contributed by atoms with van der Waals surface area (Å²) in [6.07, 6.45) is 0.203. The molecule has 1 N–H and O–H groups in total. The number of hydrogen-bond donors (Lipinski definition) is 1. The number of carbonyl (C=O) groups is 2. The topological polar surface area (TPSA) is 58.6 Å². The van der Waals surface area contributed by atoms with Gasteiger partial charge < -0.3 is 10.1 Å². The molecule has 0 saturated carbocycles. The van der Waals surface area contributed by atoms with Gasteiger partial charge in [0, 0.05) is 17.8 Å². The first kappa shape index (κ1) is 13.4. The average Bonchev–Trinajstić information content (AvgIpc) is 2.64. The van der Waals surface area contributed by atoms with E-state index in [-0.39, 0.29) is 24.3 Å². The first-order valence-electron chi connectivity index (χ1n) is 6.29. The fourth-order valence-corrected chi connectivity index (χ4v) is 2.22. The SMILES string of the molecule is COc1cccc(NC2CC(=O)N(C(C)C)C2=O)c1. The van der Waals surface area contributed by atoms with Crippen LogP contribution in [-0.4, -0.2) is 35.9 Å². The third-order valence-corrected chi connectivity index (χ3v) is 3.11. The lowest BCUT2D eigenvalue weighted by Gasteiger charge is -2.19. The van der Waals surface area contributed by atoms with Crippen LogP contribution in [0, 0.1) is 0 Å². The Hall–Kier alpha value is -2.04. The smallest absolute Gasteiger partial charge is 0.252 e. The van der Waals surface area contributed by atoms with Crippen molar-refractivity contribution in [2.45, 2.75) is 32.4 Å². The second-order valence-electron chi connectivity index (χ2n) is 4.83. The number of anilines is 1. The van der Waals surface area contributed by atoms with Crippen LogP contribution in [0.1, 0.15) is 20.3 Å². The third kappa shape index (κ3) is 2.70. The van der Waals surface area contributed by atoms with E-state index in [4.69, 9.17) is 4.74 Å². The Balaban J connectivity index is 2.12. The molecule has 1 fully saturated rings. The molecular weight excluding hydrogens is 244 g/mol. The number of likely N-dealkylation sites (tertiary alicyclic amines) is 1. The molecule has 2 amide bonds. The number of imide groups is 1. The molecule has 1 saturated heterocycles. The molecule has 1 aromatic rings. The highest BCUT2D eigenvalue weighted by molar-refractivity contribution is 6.07. The summed E-state index contributed by atoms with van der Waals surface area (Å²) in [5, 5.41) is 3.09. The van der Waals surface area contributed by atoms with Crippen molar-refractivity contribution in [2.75, 3.05) is 12.4 Å². The fourth-order valence-electron chi connectivity index (χ4n) is 2.22. The summed E-state index contributed by atoms with van der Waals surface area (Å²) < 4.78 is 5.12. The normalized spacial score (nSPS) is 19.2. The van der Waals surface area contributed by atoms with Crippen molar-refractivity contribution in [3.05, 3.63) is 24.3 Å². The van der Waals surface area contributed by atoms with Crippen molar-refractivity contribution < 1.29 is 14.3 Å². The zero-order valence-corrected chi connectivity index (χ0v) is 11.3. The lowest BCUT2D eigenvalue weighted by molar-refractivity contribution is -0.140. The Morgan fingerprint density at radius 3 is 2.68 bits per heavy atom. The summed E-state index contributed by atoms with van der Waals surface area (Å²) in [6.45, 7) is 3.67. The van der Waals surface area contributed by atoms with Crippen LogP contribution in [0.15, 0.2) is 24.3 Å². The van der Waals surface area contributed by atoms with Crippen molar-refractivity contribution in [3.8, 4) is 5.75 Å². The van der Waals surface area contributed by atoms with E-state index in [1.54, 1.807) is 13.2 Å². The molecule has 2 rings (SSSR count). The first-order valence-corrected chi connectivity index (χ1v) is 6.29. The van der Waals surface area contributed by atoms with E-state index < -0.39 is 6.04 Å². The number of nitrogens with zero attached hydrogens (tertiary/aromatic N) is 1. The summed E-state index contributed by atoms with van der Waals surface area (Å²) in [5.74, 6) is 0.422. The number of methoxy groups -OCH3 is 1. The van der Waals surface area contributed by atoms with Gasteiger partial charge in [0.25, 0.3) is 5.91 Å². The Labute approximate surface area is 112 Å². The Kier molecular flexibility index (Phi) is 3.74. The first-order chi connectivity index (χ1) is 9.02. The van der Waals surface area contributed by atoms with Gasteiger partial charge in [0.05, 0.1) is 13.5 Å². The maximum absolute atomic E-state index is 12.1. The minimum atomic E-state index is -0.484. The molecule has 5 nitrogen and oxygen atoms in total. The summed E-state index contributed by atoms with van der Waals surface area (Å²) >= 11 is 0. The van der Waals surface area contributed by atoms with Crippen LogP contribution in [0.5, 0.6) is 5.75 Å². The van der Waals surface area contributed by atoms with E-state index >= 15 is 0 Å². The minimum absolute atomic E-state index is 0.0999. The van der Waals surface area contributed by atoms with Crippen LogP contribution in [0.25, 0.3) is 0 Å². The molecule has 102 valence electrons. The van der Waals surface area contributed by atoms with E-state index in [0.29, 0.717) is 5.75 Å². The highest BCUT2D eigenvalue weighted by Gasteiger charge is 2.39. The molecule has 1 aliphatic rings. The maximum atomic E-state index is 12.1. The Bertz CT molecular complexity index is 499. The molecular formula is C14H18N2O3. The van der Waals surface area contributed by atoms with Crippen molar-refractivity contribution in [2.24, 2.45) is 0 Å². The number of ether oxygens (including phenoxy) is 1. The molecule has 0 bridgehead atoms. The average molecular weight is 262 g/mol. The lowest BCUT2D eigenvalue weighted by atomic mass is 10.2. The van der Waals surface area contributed by atoms with Gasteiger partial charge >= 0.3 is 0 Å². The van der Waals surface area contributed by atoms with Gasteiger partial charge in [-0.3, -0.25) is 14.5 Å². The standard InChI is InChI=1S/C14H18N2O3/c1-9(2)16-13(17)8-12(14(16)18)15-10-5-4-6-11(7-10)19-3/h4-7,9,12,15H,8H2,1-3H3. The number of hydrogen-bond acceptors (Lipinski definition) is 4. The molecule has 0 spiro atoms. The van der Waals surface area contributed by atoms with Crippen LogP contribution in [0.4, 0.5) is 5.69 Å². The molecule has 5 heteroatoms. The van der Waals surface area contributed by atoms with Crippen molar-refractivity contribution in [1.29, 1.82) is 0 Å². The number of nitrogens with one attached hydrogen (secondary N) is 1. The second kappa shape index (κ2) is 5.30. The molecule has 0 radical (unpaired) electrons. The number of benzene rings is 1. The zero-order valence-electron chi connectivity index (χ0n) is 11.3. The van der Waals surface area contributed by atoms with E-state index in [9.17, 15) is 9.59 Å². The number of amides is 2. The monoisotopic (exact) mass is 262 g/mol. The minimum Gasteiger partial charge on any atom is -0.497 e. The summed E-state index contributed by atoms with van der Waals surface area (Å²) in [4.78, 5) is 25.2. The molecule has 1 heterocycles. The van der Waals surface area contributed by atoms with Crippen LogP contribution in [0.3, 0.4) is 0 Å². The fraction of sp³-hybridized carbons (Fsp3) is 0.429. The summed E-state index contributed by atoms with van der Waals surface area (Å²) in [5.41, 5.74) is 0.774. The Morgan fingerprint density at radius 1 is 1.37 bits per heavy atom. The van der Waals surface area contributed by atoms with E-state index in [0.717, 1.165) is 5.69 Å². The lowest BCUT2D eigenvalue weighted by Crippen LogP contribution is -2.39. The highest BCUT2D eigenvalue weighted by Crippen LogP contribution is 2.22. The van der Waals surface area contributed by atoms with E-state index in [1.165, 1.54) is 4.90 Å². The van der Waals surface area contributed by atoms with Gasteiger partial charge in [-0.1, -0.05) is 6.07 Å². The van der Waals surface area contributed by atoms with E-state index in [1.807, 2.05) is 32.0 Å². The molecule has 1 aliphatic heterocycles. The zero-order chi connectivity index (χ0) is 14.0. The largest absolute Gasteiger partial charge is 0.497 e. The maximum Gasteiger partial charge on any atom is 0.252 e. The molecule has 0 aliphatic carbocycles. The van der Waals surface area contributed by atoms with Crippen LogP contribution < -0.4 is 10.1 Å². The highest BCUT2D eigenvalue weighted by atomic mass is 16.5. The van der Waals surface area contributed by atoms with Gasteiger partial charge in [-0.25, -0.2) is 0 Å².